The Morgan fingerprint density at radius 1 is 0.413 bits per heavy atom. The maximum atomic E-state index is 7.83. The first-order valence-corrected chi connectivity index (χ1v) is 22.4. The molecule has 0 saturated heterocycles. The average molecular weight is 665 g/mol. The van der Waals surface area contributed by atoms with Crippen LogP contribution in [0.25, 0.3) is 0 Å². The lowest BCUT2D eigenvalue weighted by molar-refractivity contribution is -0.122. The Bertz CT molecular complexity index is 676. The minimum Gasteiger partial charge on any atom is -0.305 e. The second-order valence-corrected chi connectivity index (χ2v) is 17.3. The molecule has 0 spiro atoms. The lowest BCUT2D eigenvalue weighted by Gasteiger charge is -2.52. The van der Waals surface area contributed by atoms with Crippen LogP contribution in [0.1, 0.15) is 234 Å². The maximum Gasteiger partial charge on any atom is 0.334 e. The fourth-order valence-electron chi connectivity index (χ4n) is 9.83. The molecule has 3 nitrogen and oxygen atoms in total. The number of hydrogen-bond acceptors (Lipinski definition) is 3. The third-order valence-corrected chi connectivity index (χ3v) is 14.3. The van der Waals surface area contributed by atoms with Gasteiger partial charge in [-0.25, -0.2) is 0 Å². The van der Waals surface area contributed by atoms with Crippen molar-refractivity contribution in [2.75, 3.05) is 0 Å². The Kier molecular flexibility index (Phi) is 19.7. The van der Waals surface area contributed by atoms with Gasteiger partial charge in [-0.1, -0.05) is 157 Å². The number of unbranched alkanes of at least 4 members (excludes halogenated alkanes) is 6. The van der Waals surface area contributed by atoms with Crippen molar-refractivity contribution >= 4 is 8.60 Å². The van der Waals surface area contributed by atoms with Gasteiger partial charge in [-0.2, -0.15) is 0 Å². The maximum absolute atomic E-state index is 7.83. The van der Waals surface area contributed by atoms with E-state index in [4.69, 9.17) is 13.6 Å². The van der Waals surface area contributed by atoms with Gasteiger partial charge >= 0.3 is 8.60 Å². The van der Waals surface area contributed by atoms with E-state index in [1.54, 1.807) is 0 Å². The Balaban J connectivity index is 2.09. The van der Waals surface area contributed by atoms with Crippen molar-refractivity contribution < 1.29 is 13.6 Å². The zero-order valence-electron chi connectivity index (χ0n) is 32.1. The van der Waals surface area contributed by atoms with Gasteiger partial charge in [0.05, 0.1) is 16.8 Å². The van der Waals surface area contributed by atoms with Gasteiger partial charge in [0.25, 0.3) is 0 Å². The highest BCUT2D eigenvalue weighted by Gasteiger charge is 2.52. The standard InChI is InChI=1S/C42H81O3P/c1-7-13-25-37-28-19-22-34-40(37,31-16-10-4)43-46(44-41(32-17-11-5)35-23-20-29-38(41)26-14-8-2)45-42(33-18-12-6)36-24-21-30-39(42)27-15-9-3/h37-39H,7-36H2,1-6H3. The number of hydrogen-bond donors (Lipinski definition) is 0. The fourth-order valence-corrected chi connectivity index (χ4v) is 11.8. The van der Waals surface area contributed by atoms with E-state index in [9.17, 15) is 0 Å². The van der Waals surface area contributed by atoms with Crippen LogP contribution in [0.3, 0.4) is 0 Å². The Morgan fingerprint density at radius 2 is 0.696 bits per heavy atom. The van der Waals surface area contributed by atoms with Crippen LogP contribution in [0, 0.1) is 17.8 Å². The van der Waals surface area contributed by atoms with Crippen molar-refractivity contribution in [3.05, 3.63) is 0 Å². The Hall–Kier alpha value is 0.310. The molecule has 0 N–H and O–H groups in total. The van der Waals surface area contributed by atoms with E-state index in [0.29, 0.717) is 17.8 Å². The molecule has 0 amide bonds. The average Bonchev–Trinajstić information content (AvgIpc) is 3.08. The van der Waals surface area contributed by atoms with Crippen molar-refractivity contribution in [3.63, 3.8) is 0 Å². The first-order valence-electron chi connectivity index (χ1n) is 21.3. The summed E-state index contributed by atoms with van der Waals surface area (Å²) in [6.07, 6.45) is 38.4. The van der Waals surface area contributed by atoms with Crippen LogP contribution in [-0.4, -0.2) is 16.8 Å². The zero-order valence-corrected chi connectivity index (χ0v) is 33.0. The molecule has 0 aromatic rings. The van der Waals surface area contributed by atoms with Crippen LogP contribution < -0.4 is 0 Å². The molecule has 272 valence electrons. The van der Waals surface area contributed by atoms with Crippen LogP contribution in [0.2, 0.25) is 0 Å². The molecule has 0 bridgehead atoms. The van der Waals surface area contributed by atoms with Crippen molar-refractivity contribution in [1.82, 2.24) is 0 Å². The normalized spacial score (nSPS) is 32.9. The van der Waals surface area contributed by atoms with E-state index in [1.807, 2.05) is 0 Å². The number of rotatable bonds is 24. The lowest BCUT2D eigenvalue weighted by Crippen LogP contribution is -2.48. The molecule has 0 heterocycles. The smallest absolute Gasteiger partial charge is 0.305 e. The largest absolute Gasteiger partial charge is 0.334 e. The van der Waals surface area contributed by atoms with Crippen molar-refractivity contribution in [3.8, 4) is 0 Å². The van der Waals surface area contributed by atoms with Gasteiger partial charge in [-0.15, -0.1) is 0 Å². The lowest BCUT2D eigenvalue weighted by atomic mass is 9.71. The van der Waals surface area contributed by atoms with E-state index < -0.39 is 8.60 Å². The summed E-state index contributed by atoms with van der Waals surface area (Å²) in [5, 5.41) is 0. The molecule has 46 heavy (non-hydrogen) atoms. The first kappa shape index (κ1) is 40.7. The van der Waals surface area contributed by atoms with Crippen LogP contribution in [-0.2, 0) is 13.6 Å². The second kappa shape index (κ2) is 22.2. The molecule has 0 aliphatic heterocycles. The van der Waals surface area contributed by atoms with Crippen LogP contribution in [0.5, 0.6) is 0 Å². The molecular formula is C42H81O3P. The second-order valence-electron chi connectivity index (χ2n) is 16.3. The molecule has 0 radical (unpaired) electrons. The van der Waals surface area contributed by atoms with Gasteiger partial charge < -0.3 is 13.6 Å². The monoisotopic (exact) mass is 665 g/mol. The van der Waals surface area contributed by atoms with E-state index in [-0.39, 0.29) is 16.8 Å². The quantitative estimate of drug-likeness (QED) is 0.0961. The van der Waals surface area contributed by atoms with Gasteiger partial charge in [0.1, 0.15) is 0 Å². The first-order chi connectivity index (χ1) is 22.5. The minimum absolute atomic E-state index is 0.0752. The summed E-state index contributed by atoms with van der Waals surface area (Å²) >= 11 is 0. The molecule has 3 fully saturated rings. The highest BCUT2D eigenvalue weighted by Crippen LogP contribution is 2.62. The summed E-state index contributed by atoms with van der Waals surface area (Å²) in [4.78, 5) is 0. The highest BCUT2D eigenvalue weighted by atomic mass is 31.2. The zero-order chi connectivity index (χ0) is 33.1. The molecule has 3 aliphatic carbocycles. The summed E-state index contributed by atoms with van der Waals surface area (Å²) in [6, 6.07) is 0. The van der Waals surface area contributed by atoms with E-state index in [0.717, 1.165) is 0 Å². The van der Waals surface area contributed by atoms with Gasteiger partial charge in [-0.05, 0) is 94.8 Å². The fraction of sp³-hybridized carbons (Fsp3) is 1.00. The summed E-state index contributed by atoms with van der Waals surface area (Å²) in [6.45, 7) is 14.2. The van der Waals surface area contributed by atoms with Crippen LogP contribution >= 0.6 is 8.60 Å². The van der Waals surface area contributed by atoms with Gasteiger partial charge in [0.15, 0.2) is 0 Å². The minimum atomic E-state index is -1.45. The van der Waals surface area contributed by atoms with Gasteiger partial charge in [-0.3, -0.25) is 0 Å². The molecule has 0 aromatic heterocycles. The molecule has 3 saturated carbocycles. The van der Waals surface area contributed by atoms with E-state index in [2.05, 4.69) is 41.5 Å². The third kappa shape index (κ3) is 11.7. The van der Waals surface area contributed by atoms with Crippen LogP contribution in [0.4, 0.5) is 0 Å². The predicted molar refractivity (Wildman–Crippen MR) is 201 cm³/mol. The van der Waals surface area contributed by atoms with Gasteiger partial charge in [0, 0.05) is 0 Å². The van der Waals surface area contributed by atoms with Crippen molar-refractivity contribution in [2.24, 2.45) is 17.8 Å². The molecule has 6 atom stereocenters. The summed E-state index contributed by atoms with van der Waals surface area (Å²) in [5.74, 6) is 1.94. The molecular weight excluding hydrogens is 583 g/mol. The van der Waals surface area contributed by atoms with Crippen molar-refractivity contribution in [2.45, 2.75) is 251 Å². The molecule has 0 aromatic carbocycles. The summed E-state index contributed by atoms with van der Waals surface area (Å²) < 4.78 is 23.5. The predicted octanol–water partition coefficient (Wildman–Crippen LogP) is 15.2. The third-order valence-electron chi connectivity index (χ3n) is 12.8. The summed E-state index contributed by atoms with van der Waals surface area (Å²) in [5.41, 5.74) is -0.226. The molecule has 3 aliphatic rings. The van der Waals surface area contributed by atoms with Crippen molar-refractivity contribution in [1.29, 1.82) is 0 Å². The van der Waals surface area contributed by atoms with Gasteiger partial charge in [0.2, 0.25) is 0 Å². The van der Waals surface area contributed by atoms with Crippen LogP contribution in [0.15, 0.2) is 0 Å². The highest BCUT2D eigenvalue weighted by molar-refractivity contribution is 7.41. The van der Waals surface area contributed by atoms with E-state index >= 15 is 0 Å². The van der Waals surface area contributed by atoms with E-state index in [1.165, 1.54) is 193 Å². The molecule has 6 unspecified atom stereocenters. The molecule has 3 rings (SSSR count). The Morgan fingerprint density at radius 3 is 0.957 bits per heavy atom. The summed E-state index contributed by atoms with van der Waals surface area (Å²) in [7, 11) is -1.45. The Labute approximate surface area is 290 Å². The molecule has 4 heteroatoms. The SMILES string of the molecule is CCCCC1CCCCC1(CCCC)OP(OC1(CCCC)CCCCC1CCCC)OC1(CCCC)CCCCC1CCCC. The topological polar surface area (TPSA) is 27.7 Å².